The minimum absolute atomic E-state index is 0. The van der Waals surface area contributed by atoms with Gasteiger partial charge in [0.2, 0.25) is 0 Å². The molecule has 0 unspecified atom stereocenters. The minimum Gasteiger partial charge on any atom is -0.492 e. The zero-order valence-corrected chi connectivity index (χ0v) is 15.3. The predicted octanol–water partition coefficient (Wildman–Crippen LogP) is 1.26. The fourth-order valence-corrected chi connectivity index (χ4v) is 1.89. The van der Waals surface area contributed by atoms with Crippen LogP contribution in [0, 0.1) is 11.6 Å². The van der Waals surface area contributed by atoms with Crippen molar-refractivity contribution in [3.05, 3.63) is 58.6 Å². The summed E-state index contributed by atoms with van der Waals surface area (Å²) in [6, 6.07) is 5.36. The fourth-order valence-electron chi connectivity index (χ4n) is 1.71. The maximum atomic E-state index is 13.1. The van der Waals surface area contributed by atoms with E-state index >= 15 is 0 Å². The van der Waals surface area contributed by atoms with E-state index in [2.05, 4.69) is 0 Å². The van der Waals surface area contributed by atoms with Gasteiger partial charge < -0.3 is 17.7 Å². The molecule has 112 valence electrons. The molecule has 22 heavy (non-hydrogen) atoms. The van der Waals surface area contributed by atoms with Crippen LogP contribution in [0.2, 0.25) is 5.02 Å². The number of rotatable bonds is 4. The van der Waals surface area contributed by atoms with Crippen LogP contribution in [0.5, 0.6) is 5.75 Å². The summed E-state index contributed by atoms with van der Waals surface area (Å²) in [5, 5.41) is 0.145. The van der Waals surface area contributed by atoms with Crippen molar-refractivity contribution < 1.29 is 77.8 Å². The second kappa shape index (κ2) is 8.12. The van der Waals surface area contributed by atoms with E-state index < -0.39 is 36.4 Å². The first-order valence-corrected chi connectivity index (χ1v) is 6.21. The molecular formula is C13H8BClF5KO. The van der Waals surface area contributed by atoms with Gasteiger partial charge in [-0.1, -0.05) is 23.1 Å². The Kier molecular flexibility index (Phi) is 7.36. The number of ether oxygens (including phenoxy) is 1. The van der Waals surface area contributed by atoms with Crippen LogP contribution in [0.4, 0.5) is 21.7 Å². The zero-order chi connectivity index (χ0) is 15.6. The number of halogens is 6. The molecule has 0 aliphatic rings. The van der Waals surface area contributed by atoms with E-state index in [9.17, 15) is 21.7 Å². The fraction of sp³-hybridized carbons (Fsp3) is 0.0769. The van der Waals surface area contributed by atoms with Gasteiger partial charge in [0.25, 0.3) is 0 Å². The second-order valence-electron chi connectivity index (χ2n) is 4.28. The summed E-state index contributed by atoms with van der Waals surface area (Å²) in [7, 11) is 0. The van der Waals surface area contributed by atoms with Gasteiger partial charge in [-0.15, -0.1) is 0 Å². The van der Waals surface area contributed by atoms with Gasteiger partial charge in [-0.05, 0) is 24.3 Å². The van der Waals surface area contributed by atoms with Crippen molar-refractivity contribution >= 4 is 24.0 Å². The van der Waals surface area contributed by atoms with Crippen LogP contribution in [-0.2, 0) is 6.61 Å². The van der Waals surface area contributed by atoms with E-state index in [-0.39, 0.29) is 62.0 Å². The molecule has 2 aromatic carbocycles. The molecule has 0 spiro atoms. The van der Waals surface area contributed by atoms with Gasteiger partial charge in [0, 0.05) is 16.7 Å². The van der Waals surface area contributed by atoms with Gasteiger partial charge in [0.15, 0.2) is 0 Å². The van der Waals surface area contributed by atoms with Gasteiger partial charge in [0.1, 0.15) is 18.2 Å². The smallest absolute Gasteiger partial charge is 0.492 e. The quantitative estimate of drug-likeness (QED) is 0.589. The molecule has 9 heteroatoms. The first-order valence-electron chi connectivity index (χ1n) is 5.83. The summed E-state index contributed by atoms with van der Waals surface area (Å²) in [4.78, 5) is 0. The molecule has 0 fully saturated rings. The van der Waals surface area contributed by atoms with Crippen molar-refractivity contribution in [2.75, 3.05) is 0 Å². The number of hydrogen-bond donors (Lipinski definition) is 0. The molecule has 0 N–H and O–H groups in total. The Balaban J connectivity index is 0.00000242. The number of hydrogen-bond acceptors (Lipinski definition) is 1. The maximum Gasteiger partial charge on any atom is 1.00 e. The van der Waals surface area contributed by atoms with Gasteiger partial charge in [0.05, 0.1) is 5.75 Å². The molecule has 2 rings (SSSR count). The molecule has 0 aliphatic carbocycles. The summed E-state index contributed by atoms with van der Waals surface area (Å²) >= 11 is 5.78. The minimum atomic E-state index is -5.35. The van der Waals surface area contributed by atoms with Crippen LogP contribution in [0.1, 0.15) is 5.56 Å². The standard InChI is InChI=1S/C13H8BClF5O.K/c15-12-4-2-9(16)5-8(12)7-21-13-6-10(17)1-3-11(13)14(18,19)20;/h1-6H,7H2;/q-1;+1. The third kappa shape index (κ3) is 5.21. The molecule has 0 radical (unpaired) electrons. The molecule has 0 saturated carbocycles. The SMILES string of the molecule is Fc1ccc(Cl)c(COc2cc(F)ccc2[B-](F)(F)F)c1.[K+]. The number of benzene rings is 2. The van der Waals surface area contributed by atoms with Gasteiger partial charge >= 0.3 is 58.4 Å². The van der Waals surface area contributed by atoms with Crippen LogP contribution >= 0.6 is 11.6 Å². The van der Waals surface area contributed by atoms with Gasteiger partial charge in [-0.3, -0.25) is 0 Å². The van der Waals surface area contributed by atoms with Crippen LogP contribution < -0.4 is 61.6 Å². The van der Waals surface area contributed by atoms with E-state index in [0.717, 1.165) is 12.1 Å². The third-order valence-electron chi connectivity index (χ3n) is 2.72. The van der Waals surface area contributed by atoms with Crippen molar-refractivity contribution in [2.45, 2.75) is 6.61 Å². The molecule has 0 atom stereocenters. The summed E-state index contributed by atoms with van der Waals surface area (Å²) in [5.41, 5.74) is -0.884. The van der Waals surface area contributed by atoms with E-state index in [1.165, 1.54) is 6.07 Å². The summed E-state index contributed by atoms with van der Waals surface area (Å²) < 4.78 is 69.6. The summed E-state index contributed by atoms with van der Waals surface area (Å²) in [6.07, 6.45) is 0. The van der Waals surface area contributed by atoms with Crippen molar-refractivity contribution in [3.8, 4) is 5.75 Å². The van der Waals surface area contributed by atoms with Gasteiger partial charge in [-0.2, -0.15) is 0 Å². The van der Waals surface area contributed by atoms with Crippen LogP contribution in [-0.4, -0.2) is 6.98 Å². The largest absolute Gasteiger partial charge is 1.00 e. The van der Waals surface area contributed by atoms with Crippen molar-refractivity contribution in [1.29, 1.82) is 0 Å². The van der Waals surface area contributed by atoms with Crippen LogP contribution in [0.3, 0.4) is 0 Å². The van der Waals surface area contributed by atoms with Crippen molar-refractivity contribution in [3.63, 3.8) is 0 Å². The Hall–Kier alpha value is -0.119. The Morgan fingerprint density at radius 1 is 0.955 bits per heavy atom. The molecule has 1 nitrogen and oxygen atoms in total. The normalized spacial score (nSPS) is 11.0. The Labute approximate surface area is 171 Å². The Bertz CT molecular complexity index is 665. The molecule has 0 aliphatic heterocycles. The van der Waals surface area contributed by atoms with Crippen molar-refractivity contribution in [1.82, 2.24) is 0 Å². The monoisotopic (exact) mass is 360 g/mol. The Morgan fingerprint density at radius 3 is 2.18 bits per heavy atom. The third-order valence-corrected chi connectivity index (χ3v) is 3.09. The maximum absolute atomic E-state index is 13.1. The van der Waals surface area contributed by atoms with E-state index in [4.69, 9.17) is 16.3 Å². The molecule has 0 amide bonds. The van der Waals surface area contributed by atoms with Crippen molar-refractivity contribution in [2.24, 2.45) is 0 Å². The van der Waals surface area contributed by atoms with Crippen LogP contribution in [0.15, 0.2) is 36.4 Å². The summed E-state index contributed by atoms with van der Waals surface area (Å²) in [6.45, 7) is -5.75. The first kappa shape index (κ1) is 19.9. The first-order chi connectivity index (χ1) is 9.77. The van der Waals surface area contributed by atoms with Crippen LogP contribution in [0.25, 0.3) is 0 Å². The molecule has 0 heterocycles. The Morgan fingerprint density at radius 2 is 1.55 bits per heavy atom. The van der Waals surface area contributed by atoms with E-state index in [0.29, 0.717) is 18.2 Å². The summed E-state index contributed by atoms with van der Waals surface area (Å²) in [5.74, 6) is -2.11. The van der Waals surface area contributed by atoms with E-state index in [1.54, 1.807) is 0 Å². The molecule has 0 aromatic heterocycles. The average Bonchev–Trinajstić information content (AvgIpc) is 2.38. The molecular weight excluding hydrogens is 352 g/mol. The van der Waals surface area contributed by atoms with Gasteiger partial charge in [-0.25, -0.2) is 8.78 Å². The zero-order valence-electron chi connectivity index (χ0n) is 11.4. The predicted molar refractivity (Wildman–Crippen MR) is 70.9 cm³/mol. The average molecular weight is 361 g/mol. The second-order valence-corrected chi connectivity index (χ2v) is 4.69. The topological polar surface area (TPSA) is 9.23 Å². The molecule has 0 bridgehead atoms. The molecule has 0 saturated heterocycles. The molecule has 2 aromatic rings. The van der Waals surface area contributed by atoms with E-state index in [1.807, 2.05) is 0 Å².